The minimum Gasteiger partial charge on any atom is -0.347 e. The van der Waals surface area contributed by atoms with Gasteiger partial charge in [-0.3, -0.25) is 4.79 Å². The van der Waals surface area contributed by atoms with Crippen LogP contribution in [0.1, 0.15) is 48.4 Å². The molecule has 1 atom stereocenters. The maximum Gasteiger partial charge on any atom is 0.231 e. The van der Waals surface area contributed by atoms with Gasteiger partial charge in [-0.05, 0) is 55.5 Å². The number of hydrogen-bond acceptors (Lipinski definition) is 4. The van der Waals surface area contributed by atoms with E-state index in [0.29, 0.717) is 0 Å². The number of likely N-dealkylation sites (tertiary alicyclic amines) is 1. The van der Waals surface area contributed by atoms with Crippen LogP contribution in [0.4, 0.5) is 0 Å². The summed E-state index contributed by atoms with van der Waals surface area (Å²) < 4.78 is 25.1. The number of carbonyl (C=O) groups excluding carboxylic acids is 1. The van der Waals surface area contributed by atoms with Crippen LogP contribution >= 0.6 is 13.5 Å². The zero-order chi connectivity index (χ0) is 21.9. The lowest BCUT2D eigenvalue weighted by atomic mass is 9.93. The fraction of sp³-hybridized carbons (Fsp3) is 0.458. The summed E-state index contributed by atoms with van der Waals surface area (Å²) in [5.74, 6) is 0.0857. The van der Waals surface area contributed by atoms with E-state index in [0.717, 1.165) is 55.4 Å². The summed E-state index contributed by atoms with van der Waals surface area (Å²) in [5, 5.41) is 3.35. The van der Waals surface area contributed by atoms with Crippen molar-refractivity contribution in [3.8, 4) is 0 Å². The van der Waals surface area contributed by atoms with Crippen LogP contribution in [0, 0.1) is 0 Å². The summed E-state index contributed by atoms with van der Waals surface area (Å²) in [5.41, 5.74) is 2.55. The zero-order valence-electron chi connectivity index (χ0n) is 18.5. The molecule has 0 spiro atoms. The Labute approximate surface area is 198 Å². The maximum atomic E-state index is 13.4. The second-order valence-corrected chi connectivity index (χ2v) is 10.6. The number of amides is 1. The number of hydrogen-bond donors (Lipinski definition) is 2. The van der Waals surface area contributed by atoms with Crippen LogP contribution in [-0.2, 0) is 26.8 Å². The molecule has 2 aromatic carbocycles. The lowest BCUT2D eigenvalue weighted by molar-refractivity contribution is -0.124. The maximum absolute atomic E-state index is 13.4. The molecule has 1 heterocycles. The van der Waals surface area contributed by atoms with Gasteiger partial charge in [-0.1, -0.05) is 54.6 Å². The smallest absolute Gasteiger partial charge is 0.231 e. The first kappa shape index (κ1) is 24.8. The van der Waals surface area contributed by atoms with E-state index in [1.807, 2.05) is 42.5 Å². The van der Waals surface area contributed by atoms with Crippen LogP contribution in [0.2, 0.25) is 0 Å². The highest BCUT2D eigenvalue weighted by Gasteiger charge is 2.51. The number of carbonyl (C=O) groups is 1. The minimum absolute atomic E-state index is 0. The summed E-state index contributed by atoms with van der Waals surface area (Å²) >= 11 is 0. The van der Waals surface area contributed by atoms with Crippen LogP contribution in [0.3, 0.4) is 0 Å². The summed E-state index contributed by atoms with van der Waals surface area (Å²) in [4.78, 5) is 15.8. The number of nitrogens with one attached hydrogen (secondary N) is 2. The van der Waals surface area contributed by atoms with Crippen molar-refractivity contribution in [2.45, 2.75) is 43.7 Å². The summed E-state index contributed by atoms with van der Waals surface area (Å²) in [7, 11) is -3.23. The Morgan fingerprint density at radius 2 is 1.66 bits per heavy atom. The molecule has 0 aromatic heterocycles. The van der Waals surface area contributed by atoms with E-state index >= 15 is 0 Å². The third-order valence-corrected chi connectivity index (χ3v) is 7.05. The predicted molar refractivity (Wildman–Crippen MR) is 132 cm³/mol. The summed E-state index contributed by atoms with van der Waals surface area (Å²) in [6.45, 7) is 3.27. The predicted octanol–water partition coefficient (Wildman–Crippen LogP) is 2.83. The van der Waals surface area contributed by atoms with E-state index in [1.165, 1.54) is 12.8 Å². The first-order valence-corrected chi connectivity index (χ1v) is 12.9. The molecule has 2 N–H and O–H groups in total. The molecule has 1 aliphatic carbocycles. The van der Waals surface area contributed by atoms with Crippen LogP contribution in [0.5, 0.6) is 0 Å². The van der Waals surface area contributed by atoms with Crippen molar-refractivity contribution >= 4 is 29.4 Å². The quantitative estimate of drug-likeness (QED) is 0.585. The summed E-state index contributed by atoms with van der Waals surface area (Å²) in [6, 6.07) is 17.9. The van der Waals surface area contributed by atoms with E-state index in [1.54, 1.807) is 0 Å². The molecule has 1 amide bonds. The second-order valence-electron chi connectivity index (χ2n) is 8.82. The van der Waals surface area contributed by atoms with Gasteiger partial charge in [-0.25, -0.2) is 13.1 Å². The molecule has 0 bridgehead atoms. The molecule has 4 rings (SSSR count). The van der Waals surface area contributed by atoms with Crippen molar-refractivity contribution < 1.29 is 13.2 Å². The molecule has 1 saturated heterocycles. The molecular weight excluding hydrogens is 442 g/mol. The second kappa shape index (κ2) is 10.4. The number of sulfonamides is 1. The molecule has 0 radical (unpaired) electrons. The highest BCUT2D eigenvalue weighted by molar-refractivity contribution is 7.88. The van der Waals surface area contributed by atoms with E-state index in [9.17, 15) is 13.2 Å². The van der Waals surface area contributed by atoms with Crippen molar-refractivity contribution in [1.82, 2.24) is 14.9 Å². The zero-order valence-corrected chi connectivity index (χ0v) is 20.3. The highest BCUT2D eigenvalue weighted by Crippen LogP contribution is 2.48. The average molecular weight is 476 g/mol. The van der Waals surface area contributed by atoms with Gasteiger partial charge in [-0.15, -0.1) is 0 Å². The standard InChI is InChI=1S/C24H31N3O3S.H2S/c1-31(29,30)25-17-19-9-11-21(12-10-19)24(13-14-24)23(28)26-22(18-27-15-5-6-16-27)20-7-3-2-4-8-20;/h2-4,7-12,22,25H,5-6,13-18H2,1H3,(H,26,28);1H2/t22-;/m1./s1. The van der Waals surface area contributed by atoms with Gasteiger partial charge >= 0.3 is 0 Å². The van der Waals surface area contributed by atoms with E-state index in [4.69, 9.17) is 0 Å². The Morgan fingerprint density at radius 1 is 1.03 bits per heavy atom. The van der Waals surface area contributed by atoms with Crippen LogP contribution in [0.15, 0.2) is 54.6 Å². The van der Waals surface area contributed by atoms with Gasteiger partial charge in [-0.2, -0.15) is 13.5 Å². The fourth-order valence-corrected chi connectivity index (χ4v) is 4.80. The van der Waals surface area contributed by atoms with Gasteiger partial charge in [0.05, 0.1) is 17.7 Å². The molecule has 1 saturated carbocycles. The van der Waals surface area contributed by atoms with Gasteiger partial charge in [0.2, 0.25) is 15.9 Å². The van der Waals surface area contributed by atoms with E-state index in [-0.39, 0.29) is 32.0 Å². The lowest BCUT2D eigenvalue weighted by Crippen LogP contribution is -2.41. The van der Waals surface area contributed by atoms with Gasteiger partial charge in [0, 0.05) is 13.1 Å². The highest BCUT2D eigenvalue weighted by atomic mass is 32.2. The van der Waals surface area contributed by atoms with Crippen molar-refractivity contribution in [3.05, 3.63) is 71.3 Å². The minimum atomic E-state index is -3.23. The topological polar surface area (TPSA) is 78.5 Å². The Morgan fingerprint density at radius 3 is 2.22 bits per heavy atom. The fourth-order valence-electron chi connectivity index (χ4n) is 4.37. The Hall–Kier alpha value is -1.87. The van der Waals surface area contributed by atoms with Crippen LogP contribution in [0.25, 0.3) is 0 Å². The third-order valence-electron chi connectivity index (χ3n) is 6.38. The summed E-state index contributed by atoms with van der Waals surface area (Å²) in [6.07, 6.45) is 5.27. The monoisotopic (exact) mass is 475 g/mol. The normalized spacial score (nSPS) is 18.5. The molecule has 32 heavy (non-hydrogen) atoms. The average Bonchev–Trinajstić information content (AvgIpc) is 3.42. The molecule has 1 aliphatic heterocycles. The van der Waals surface area contributed by atoms with Gasteiger partial charge in [0.1, 0.15) is 0 Å². The Balaban J connectivity index is 0.00000289. The van der Waals surface area contributed by atoms with Gasteiger partial charge in [0.25, 0.3) is 0 Å². The largest absolute Gasteiger partial charge is 0.347 e. The molecule has 2 aliphatic rings. The first-order chi connectivity index (χ1) is 14.9. The number of benzene rings is 2. The molecule has 2 fully saturated rings. The third kappa shape index (κ3) is 6.13. The van der Waals surface area contributed by atoms with E-state index < -0.39 is 15.4 Å². The van der Waals surface area contributed by atoms with E-state index in [2.05, 4.69) is 27.1 Å². The van der Waals surface area contributed by atoms with Crippen LogP contribution < -0.4 is 10.0 Å². The SMILES string of the molecule is CS(=O)(=O)NCc1ccc(C2(C(=O)N[C@H](CN3CCCC3)c3ccccc3)CC2)cc1.S. The van der Waals surface area contributed by atoms with Crippen molar-refractivity contribution in [1.29, 1.82) is 0 Å². The molecule has 8 heteroatoms. The lowest BCUT2D eigenvalue weighted by Gasteiger charge is -2.27. The molecular formula is C24H33N3O3S2. The van der Waals surface area contributed by atoms with Gasteiger partial charge in [0.15, 0.2) is 0 Å². The van der Waals surface area contributed by atoms with Crippen molar-refractivity contribution in [2.24, 2.45) is 0 Å². The van der Waals surface area contributed by atoms with Gasteiger partial charge < -0.3 is 10.2 Å². The number of rotatable bonds is 9. The van der Waals surface area contributed by atoms with Crippen molar-refractivity contribution in [3.63, 3.8) is 0 Å². The molecule has 6 nitrogen and oxygen atoms in total. The molecule has 174 valence electrons. The molecule has 0 unspecified atom stereocenters. The molecule has 2 aromatic rings. The van der Waals surface area contributed by atoms with Crippen molar-refractivity contribution in [2.75, 3.05) is 25.9 Å². The number of nitrogens with zero attached hydrogens (tertiary/aromatic N) is 1. The van der Waals surface area contributed by atoms with Crippen LogP contribution in [-0.4, -0.2) is 45.1 Å². The Bertz CT molecular complexity index is 1000. The first-order valence-electron chi connectivity index (χ1n) is 11.0. The Kier molecular flexibility index (Phi) is 8.03.